The van der Waals surface area contributed by atoms with Crippen LogP contribution in [0, 0.1) is 11.3 Å². The summed E-state index contributed by atoms with van der Waals surface area (Å²) >= 11 is 12.2. The van der Waals surface area contributed by atoms with E-state index in [1.54, 1.807) is 36.7 Å². The van der Waals surface area contributed by atoms with Gasteiger partial charge in [-0.2, -0.15) is 18.4 Å². The van der Waals surface area contributed by atoms with Crippen molar-refractivity contribution in [1.82, 2.24) is 4.98 Å². The van der Waals surface area contributed by atoms with Crippen LogP contribution in [0.4, 0.5) is 13.2 Å². The second kappa shape index (κ2) is 8.07. The Labute approximate surface area is 154 Å². The highest BCUT2D eigenvalue weighted by Crippen LogP contribution is 2.39. The summed E-state index contributed by atoms with van der Waals surface area (Å²) in [5.74, 6) is 0. The predicted molar refractivity (Wildman–Crippen MR) is 91.6 cm³/mol. The molecular formula is C18H15Cl2F3N2. The minimum atomic E-state index is -4.26. The van der Waals surface area contributed by atoms with Gasteiger partial charge in [0.25, 0.3) is 0 Å². The Hall–Kier alpha value is -1.77. The Morgan fingerprint density at radius 1 is 1.12 bits per heavy atom. The van der Waals surface area contributed by atoms with Crippen LogP contribution >= 0.6 is 23.2 Å². The fraction of sp³-hybridized carbons (Fsp3) is 0.333. The van der Waals surface area contributed by atoms with Crippen molar-refractivity contribution in [2.45, 2.75) is 37.3 Å². The average Bonchev–Trinajstić information content (AvgIpc) is 2.54. The van der Waals surface area contributed by atoms with Crippen LogP contribution in [0.2, 0.25) is 10.0 Å². The van der Waals surface area contributed by atoms with Gasteiger partial charge in [-0.3, -0.25) is 4.98 Å². The summed E-state index contributed by atoms with van der Waals surface area (Å²) in [4.78, 5) is 4.01. The lowest BCUT2D eigenvalue weighted by atomic mass is 9.73. The first-order valence-electron chi connectivity index (χ1n) is 7.58. The molecule has 0 saturated carbocycles. The highest BCUT2D eigenvalue weighted by Gasteiger charge is 2.36. The van der Waals surface area contributed by atoms with E-state index in [2.05, 4.69) is 11.1 Å². The molecule has 0 fully saturated rings. The van der Waals surface area contributed by atoms with Crippen molar-refractivity contribution in [2.24, 2.45) is 0 Å². The zero-order valence-corrected chi connectivity index (χ0v) is 14.7. The summed E-state index contributed by atoms with van der Waals surface area (Å²) in [6, 6.07) is 10.4. The van der Waals surface area contributed by atoms with Gasteiger partial charge in [-0.25, -0.2) is 0 Å². The number of rotatable bonds is 6. The monoisotopic (exact) mass is 386 g/mol. The minimum absolute atomic E-state index is 0.0270. The highest BCUT2D eigenvalue weighted by atomic mass is 35.5. The standard InChI is InChI=1S/C18H15Cl2F3N2/c19-14-4-5-15(16(20)9-14)17(12-24,6-2-7-18(21,22)23)10-13-3-1-8-25-11-13/h1,3-5,8-9,11H,2,6-7,10H2. The molecule has 0 N–H and O–H groups in total. The van der Waals surface area contributed by atoms with E-state index < -0.39 is 18.0 Å². The van der Waals surface area contributed by atoms with Gasteiger partial charge in [0.1, 0.15) is 0 Å². The number of alkyl halides is 3. The number of halogens is 5. The first kappa shape index (κ1) is 19.6. The quantitative estimate of drug-likeness (QED) is 0.598. The third-order valence-corrected chi connectivity index (χ3v) is 4.50. The van der Waals surface area contributed by atoms with E-state index in [4.69, 9.17) is 23.2 Å². The summed E-state index contributed by atoms with van der Waals surface area (Å²) in [6.45, 7) is 0. The molecule has 0 spiro atoms. The van der Waals surface area contributed by atoms with Gasteiger partial charge in [-0.05, 0) is 48.6 Å². The maximum Gasteiger partial charge on any atom is 0.389 e. The van der Waals surface area contributed by atoms with Crippen LogP contribution in [0.3, 0.4) is 0 Å². The summed E-state index contributed by atoms with van der Waals surface area (Å²) in [5, 5.41) is 10.5. The van der Waals surface area contributed by atoms with E-state index in [0.717, 1.165) is 5.56 Å². The van der Waals surface area contributed by atoms with Crippen molar-refractivity contribution in [3.05, 3.63) is 63.9 Å². The largest absolute Gasteiger partial charge is 0.389 e. The molecular weight excluding hydrogens is 372 g/mol. The lowest BCUT2D eigenvalue weighted by Crippen LogP contribution is -2.28. The lowest BCUT2D eigenvalue weighted by Gasteiger charge is -2.28. The molecule has 1 aromatic carbocycles. The Kier molecular flexibility index (Phi) is 6.31. The molecule has 0 aliphatic carbocycles. The zero-order chi connectivity index (χ0) is 18.5. The molecule has 132 valence electrons. The number of aromatic nitrogens is 1. The van der Waals surface area contributed by atoms with Crippen LogP contribution in [0.1, 0.15) is 30.4 Å². The third kappa shape index (κ3) is 5.35. The second-order valence-corrected chi connectivity index (χ2v) is 6.67. The van der Waals surface area contributed by atoms with Crippen molar-refractivity contribution < 1.29 is 13.2 Å². The Bertz CT molecular complexity index is 757. The number of hydrogen-bond acceptors (Lipinski definition) is 2. The fourth-order valence-electron chi connectivity index (χ4n) is 2.79. The van der Waals surface area contributed by atoms with Crippen LogP contribution in [0.5, 0.6) is 0 Å². The van der Waals surface area contributed by atoms with Crippen LogP contribution in [-0.2, 0) is 11.8 Å². The van der Waals surface area contributed by atoms with E-state index in [9.17, 15) is 18.4 Å². The van der Waals surface area contributed by atoms with Crippen molar-refractivity contribution in [2.75, 3.05) is 0 Å². The van der Waals surface area contributed by atoms with Crippen molar-refractivity contribution >= 4 is 23.2 Å². The number of nitrogens with zero attached hydrogens (tertiary/aromatic N) is 2. The molecule has 2 aromatic rings. The number of benzene rings is 1. The molecule has 25 heavy (non-hydrogen) atoms. The van der Waals surface area contributed by atoms with E-state index in [0.29, 0.717) is 10.6 Å². The van der Waals surface area contributed by atoms with E-state index in [-0.39, 0.29) is 24.3 Å². The normalized spacial score (nSPS) is 13.9. The van der Waals surface area contributed by atoms with Gasteiger partial charge in [-0.15, -0.1) is 0 Å². The first-order valence-corrected chi connectivity index (χ1v) is 8.34. The summed E-state index contributed by atoms with van der Waals surface area (Å²) < 4.78 is 37.7. The van der Waals surface area contributed by atoms with Gasteiger partial charge in [0, 0.05) is 28.9 Å². The molecule has 1 aromatic heterocycles. The number of nitriles is 1. The molecule has 0 saturated heterocycles. The minimum Gasteiger partial charge on any atom is -0.264 e. The van der Waals surface area contributed by atoms with E-state index >= 15 is 0 Å². The first-order chi connectivity index (χ1) is 11.8. The highest BCUT2D eigenvalue weighted by molar-refractivity contribution is 6.35. The van der Waals surface area contributed by atoms with Gasteiger partial charge < -0.3 is 0 Å². The van der Waals surface area contributed by atoms with Crippen molar-refractivity contribution in [3.8, 4) is 6.07 Å². The molecule has 1 unspecified atom stereocenters. The number of pyridine rings is 1. The Morgan fingerprint density at radius 2 is 1.88 bits per heavy atom. The van der Waals surface area contributed by atoms with Crippen molar-refractivity contribution in [3.63, 3.8) is 0 Å². The van der Waals surface area contributed by atoms with Crippen LogP contribution in [0.15, 0.2) is 42.7 Å². The maximum atomic E-state index is 12.6. The zero-order valence-electron chi connectivity index (χ0n) is 13.2. The van der Waals surface area contributed by atoms with Crippen LogP contribution in [-0.4, -0.2) is 11.2 Å². The summed E-state index contributed by atoms with van der Waals surface area (Å²) in [7, 11) is 0. The molecule has 0 aliphatic heterocycles. The predicted octanol–water partition coefficient (Wildman–Crippen LogP) is 6.13. The summed E-state index contributed by atoms with van der Waals surface area (Å²) in [6.07, 6.45) is -1.95. The third-order valence-electron chi connectivity index (χ3n) is 3.95. The molecule has 7 heteroatoms. The van der Waals surface area contributed by atoms with Gasteiger partial charge in [-0.1, -0.05) is 35.3 Å². The molecule has 0 radical (unpaired) electrons. The maximum absolute atomic E-state index is 12.6. The van der Waals surface area contributed by atoms with Crippen LogP contribution < -0.4 is 0 Å². The van der Waals surface area contributed by atoms with Gasteiger partial charge in [0.15, 0.2) is 0 Å². The van der Waals surface area contributed by atoms with Gasteiger partial charge >= 0.3 is 6.18 Å². The number of hydrogen-bond donors (Lipinski definition) is 0. The Morgan fingerprint density at radius 3 is 2.44 bits per heavy atom. The molecule has 2 rings (SSSR count). The van der Waals surface area contributed by atoms with E-state index in [1.807, 2.05) is 0 Å². The van der Waals surface area contributed by atoms with Gasteiger partial charge in [0.2, 0.25) is 0 Å². The topological polar surface area (TPSA) is 36.7 Å². The molecule has 1 atom stereocenters. The smallest absolute Gasteiger partial charge is 0.264 e. The second-order valence-electron chi connectivity index (χ2n) is 5.82. The summed E-state index contributed by atoms with van der Waals surface area (Å²) in [5.41, 5.74) is 0.0461. The van der Waals surface area contributed by atoms with Gasteiger partial charge in [0.05, 0.1) is 11.5 Å². The lowest BCUT2D eigenvalue weighted by molar-refractivity contribution is -0.136. The SMILES string of the molecule is N#CC(CCCC(F)(F)F)(Cc1cccnc1)c1ccc(Cl)cc1Cl. The Balaban J connectivity index is 2.39. The average molecular weight is 387 g/mol. The molecule has 1 heterocycles. The van der Waals surface area contributed by atoms with E-state index in [1.165, 1.54) is 6.07 Å². The van der Waals surface area contributed by atoms with Crippen molar-refractivity contribution in [1.29, 1.82) is 5.26 Å². The fourth-order valence-corrected chi connectivity index (χ4v) is 3.38. The molecule has 0 amide bonds. The van der Waals surface area contributed by atoms with Crippen LogP contribution in [0.25, 0.3) is 0 Å². The molecule has 2 nitrogen and oxygen atoms in total. The molecule has 0 aliphatic rings. The molecule has 0 bridgehead atoms.